The number of nitrogens with one attached hydrogen (secondary N) is 1. The van der Waals surface area contributed by atoms with E-state index >= 15 is 0 Å². The van der Waals surface area contributed by atoms with Crippen LogP contribution in [0.3, 0.4) is 0 Å². The molecule has 0 fully saturated rings. The number of rotatable bonds is 5. The summed E-state index contributed by atoms with van der Waals surface area (Å²) in [6.07, 6.45) is 2.79. The number of halogens is 1. The average molecular weight is 402 g/mol. The molecular formula is C14H19IN4S. The molecule has 1 aromatic heterocycles. The van der Waals surface area contributed by atoms with Crippen LogP contribution >= 0.6 is 35.3 Å². The van der Waals surface area contributed by atoms with Crippen LogP contribution < -0.4 is 11.1 Å². The van der Waals surface area contributed by atoms with Gasteiger partial charge >= 0.3 is 0 Å². The Morgan fingerprint density at radius 2 is 2.10 bits per heavy atom. The van der Waals surface area contributed by atoms with Gasteiger partial charge in [-0.2, -0.15) is 0 Å². The summed E-state index contributed by atoms with van der Waals surface area (Å²) in [5, 5.41) is 4.10. The van der Waals surface area contributed by atoms with E-state index < -0.39 is 0 Å². The molecule has 0 saturated heterocycles. The van der Waals surface area contributed by atoms with E-state index in [-0.39, 0.29) is 24.0 Å². The Bertz CT molecular complexity index is 539. The van der Waals surface area contributed by atoms with E-state index in [1.807, 2.05) is 31.3 Å². The Morgan fingerprint density at radius 1 is 1.35 bits per heavy atom. The van der Waals surface area contributed by atoms with Gasteiger partial charge in [0.15, 0.2) is 5.96 Å². The first-order valence-corrected chi connectivity index (χ1v) is 7.05. The molecule has 0 atom stereocenters. The van der Waals surface area contributed by atoms with Gasteiger partial charge in [-0.15, -0.1) is 35.3 Å². The van der Waals surface area contributed by atoms with Crippen molar-refractivity contribution in [2.24, 2.45) is 10.7 Å². The smallest absolute Gasteiger partial charge is 0.189 e. The zero-order valence-corrected chi connectivity index (χ0v) is 14.5. The second-order valence-electron chi connectivity index (χ2n) is 4.23. The molecule has 20 heavy (non-hydrogen) atoms. The fourth-order valence-electron chi connectivity index (χ4n) is 1.66. The summed E-state index contributed by atoms with van der Waals surface area (Å²) in [7, 11) is 0. The van der Waals surface area contributed by atoms with Crippen LogP contribution in [-0.2, 0) is 13.0 Å². The van der Waals surface area contributed by atoms with E-state index in [1.165, 1.54) is 10.4 Å². The first-order chi connectivity index (χ1) is 9.24. The largest absolute Gasteiger partial charge is 0.370 e. The van der Waals surface area contributed by atoms with E-state index in [2.05, 4.69) is 27.4 Å². The summed E-state index contributed by atoms with van der Waals surface area (Å²) in [6.45, 7) is 3.37. The SMILES string of the molecule is Cc1cnc(CN=C(N)NCCc2ccccc2)s1.I. The normalized spacial score (nSPS) is 10.9. The van der Waals surface area contributed by atoms with Crippen molar-refractivity contribution in [3.05, 3.63) is 52.0 Å². The molecule has 0 amide bonds. The summed E-state index contributed by atoms with van der Waals surface area (Å²) in [5.41, 5.74) is 7.10. The highest BCUT2D eigenvalue weighted by atomic mass is 127. The minimum atomic E-state index is 0. The second kappa shape index (κ2) is 8.91. The molecule has 0 bridgehead atoms. The van der Waals surface area contributed by atoms with Gasteiger partial charge in [-0.25, -0.2) is 9.98 Å². The third-order valence-corrected chi connectivity index (χ3v) is 3.51. The van der Waals surface area contributed by atoms with Gasteiger partial charge in [-0.1, -0.05) is 30.3 Å². The standard InChI is InChI=1S/C14H18N4S.HI/c1-11-9-17-13(19-11)10-18-14(15)16-8-7-12-5-3-2-4-6-12;/h2-6,9H,7-8,10H2,1H3,(H3,15,16,18);1H. The predicted octanol–water partition coefficient (Wildman–Crippen LogP) is 2.72. The summed E-state index contributed by atoms with van der Waals surface area (Å²) >= 11 is 1.65. The Kier molecular flexibility index (Phi) is 7.53. The van der Waals surface area contributed by atoms with Crippen molar-refractivity contribution in [2.75, 3.05) is 6.54 Å². The predicted molar refractivity (Wildman–Crippen MR) is 95.7 cm³/mol. The topological polar surface area (TPSA) is 63.3 Å². The third kappa shape index (κ3) is 5.87. The third-order valence-electron chi connectivity index (χ3n) is 2.62. The summed E-state index contributed by atoms with van der Waals surface area (Å²) in [6, 6.07) is 10.3. The quantitative estimate of drug-likeness (QED) is 0.459. The number of hydrogen-bond donors (Lipinski definition) is 2. The lowest BCUT2D eigenvalue weighted by Gasteiger charge is -2.05. The zero-order chi connectivity index (χ0) is 13.5. The maximum Gasteiger partial charge on any atom is 0.189 e. The summed E-state index contributed by atoms with van der Waals surface area (Å²) < 4.78 is 0. The lowest BCUT2D eigenvalue weighted by molar-refractivity contribution is 0.847. The Morgan fingerprint density at radius 3 is 2.75 bits per heavy atom. The summed E-state index contributed by atoms with van der Waals surface area (Å²) in [5.74, 6) is 0.476. The monoisotopic (exact) mass is 402 g/mol. The number of hydrogen-bond acceptors (Lipinski definition) is 3. The lowest BCUT2D eigenvalue weighted by atomic mass is 10.1. The maximum atomic E-state index is 5.81. The van der Waals surface area contributed by atoms with E-state index in [0.717, 1.165) is 18.0 Å². The molecule has 0 saturated carbocycles. The van der Waals surface area contributed by atoms with Crippen LogP contribution in [0.1, 0.15) is 15.4 Å². The molecule has 0 aliphatic carbocycles. The van der Waals surface area contributed by atoms with E-state index in [0.29, 0.717) is 12.5 Å². The number of nitrogens with two attached hydrogens (primary N) is 1. The van der Waals surface area contributed by atoms with Crippen molar-refractivity contribution >= 4 is 41.3 Å². The molecule has 0 unspecified atom stereocenters. The minimum Gasteiger partial charge on any atom is -0.370 e. The summed E-state index contributed by atoms with van der Waals surface area (Å²) in [4.78, 5) is 9.71. The van der Waals surface area contributed by atoms with Gasteiger partial charge in [0.25, 0.3) is 0 Å². The second-order valence-corrected chi connectivity index (χ2v) is 5.55. The highest BCUT2D eigenvalue weighted by molar-refractivity contribution is 14.0. The zero-order valence-electron chi connectivity index (χ0n) is 11.4. The molecule has 108 valence electrons. The molecule has 0 aliphatic rings. The Labute approximate surface area is 140 Å². The number of aliphatic imine (C=N–C) groups is 1. The Balaban J connectivity index is 0.00000200. The highest BCUT2D eigenvalue weighted by Gasteiger charge is 1.98. The fraction of sp³-hybridized carbons (Fsp3) is 0.286. The Hall–Kier alpha value is -1.15. The van der Waals surface area contributed by atoms with Crippen molar-refractivity contribution in [1.82, 2.24) is 10.3 Å². The van der Waals surface area contributed by atoms with E-state index in [1.54, 1.807) is 11.3 Å². The average Bonchev–Trinajstić information content (AvgIpc) is 2.83. The first kappa shape index (κ1) is 16.9. The number of nitrogens with zero attached hydrogens (tertiary/aromatic N) is 2. The molecule has 1 heterocycles. The van der Waals surface area contributed by atoms with Crippen molar-refractivity contribution in [2.45, 2.75) is 19.9 Å². The van der Waals surface area contributed by atoms with Crippen molar-refractivity contribution < 1.29 is 0 Å². The molecule has 0 aliphatic heterocycles. The minimum absolute atomic E-state index is 0. The highest BCUT2D eigenvalue weighted by Crippen LogP contribution is 2.11. The van der Waals surface area contributed by atoms with Crippen LogP contribution in [0.5, 0.6) is 0 Å². The molecule has 4 nitrogen and oxygen atoms in total. The van der Waals surface area contributed by atoms with Crippen molar-refractivity contribution in [1.29, 1.82) is 0 Å². The van der Waals surface area contributed by atoms with Gasteiger partial charge in [0, 0.05) is 17.6 Å². The van der Waals surface area contributed by atoms with Gasteiger partial charge in [0.1, 0.15) is 5.01 Å². The molecule has 2 rings (SSSR count). The van der Waals surface area contributed by atoms with Crippen LogP contribution in [0.4, 0.5) is 0 Å². The molecule has 0 radical (unpaired) electrons. The molecule has 3 N–H and O–H groups in total. The molecule has 0 spiro atoms. The number of benzene rings is 1. The molecule has 2 aromatic rings. The fourth-order valence-corrected chi connectivity index (χ4v) is 2.37. The van der Waals surface area contributed by atoms with Crippen LogP contribution in [0.2, 0.25) is 0 Å². The van der Waals surface area contributed by atoms with E-state index in [4.69, 9.17) is 5.73 Å². The number of aromatic nitrogens is 1. The van der Waals surface area contributed by atoms with Crippen LogP contribution in [0.15, 0.2) is 41.5 Å². The van der Waals surface area contributed by atoms with Crippen LogP contribution in [0, 0.1) is 6.92 Å². The first-order valence-electron chi connectivity index (χ1n) is 6.23. The number of aryl methyl sites for hydroxylation is 1. The van der Waals surface area contributed by atoms with Gasteiger partial charge in [0.2, 0.25) is 0 Å². The lowest BCUT2D eigenvalue weighted by Crippen LogP contribution is -2.33. The number of guanidine groups is 1. The van der Waals surface area contributed by atoms with Gasteiger partial charge < -0.3 is 11.1 Å². The van der Waals surface area contributed by atoms with Gasteiger partial charge in [0.05, 0.1) is 6.54 Å². The van der Waals surface area contributed by atoms with Crippen LogP contribution in [0.25, 0.3) is 0 Å². The van der Waals surface area contributed by atoms with Crippen molar-refractivity contribution in [3.63, 3.8) is 0 Å². The molecule has 6 heteroatoms. The van der Waals surface area contributed by atoms with Crippen molar-refractivity contribution in [3.8, 4) is 0 Å². The number of thiazole rings is 1. The maximum absolute atomic E-state index is 5.81. The van der Waals surface area contributed by atoms with Gasteiger partial charge in [-0.05, 0) is 18.9 Å². The van der Waals surface area contributed by atoms with Crippen LogP contribution in [-0.4, -0.2) is 17.5 Å². The molecule has 1 aromatic carbocycles. The van der Waals surface area contributed by atoms with Gasteiger partial charge in [-0.3, -0.25) is 0 Å². The molecular weight excluding hydrogens is 383 g/mol. The van der Waals surface area contributed by atoms with E-state index in [9.17, 15) is 0 Å².